The fourth-order valence-electron chi connectivity index (χ4n) is 3.13. The van der Waals surface area contributed by atoms with Crippen LogP contribution in [0.15, 0.2) is 48.5 Å². The van der Waals surface area contributed by atoms with Gasteiger partial charge >= 0.3 is 0 Å². The average Bonchev–Trinajstić information content (AvgIpc) is 3.06. The van der Waals surface area contributed by atoms with Crippen molar-refractivity contribution in [1.82, 2.24) is 9.62 Å². The monoisotopic (exact) mass is 378 g/mol. The molecule has 0 saturated carbocycles. The lowest BCUT2D eigenvalue weighted by Crippen LogP contribution is -2.25. The molecule has 0 aromatic heterocycles. The molecule has 1 aliphatic rings. The largest absolute Gasteiger partial charge is 0.299 e. The Bertz CT molecular complexity index is 818. The van der Waals surface area contributed by atoms with E-state index in [2.05, 4.69) is 21.8 Å². The first-order chi connectivity index (χ1) is 12.0. The van der Waals surface area contributed by atoms with Gasteiger partial charge in [0.15, 0.2) is 0 Å². The topological polar surface area (TPSA) is 49.4 Å². The first-order valence-electron chi connectivity index (χ1n) is 8.52. The van der Waals surface area contributed by atoms with Crippen molar-refractivity contribution in [3.8, 4) is 0 Å². The summed E-state index contributed by atoms with van der Waals surface area (Å²) in [6, 6.07) is 15.1. The van der Waals surface area contributed by atoms with Crippen LogP contribution in [-0.4, -0.2) is 26.4 Å². The predicted octanol–water partition coefficient (Wildman–Crippen LogP) is 3.56. The van der Waals surface area contributed by atoms with Crippen LogP contribution < -0.4 is 4.72 Å². The van der Waals surface area contributed by atoms with Crippen molar-refractivity contribution >= 4 is 21.6 Å². The molecule has 6 heteroatoms. The highest BCUT2D eigenvalue weighted by molar-refractivity contribution is 7.88. The van der Waals surface area contributed by atoms with Gasteiger partial charge in [-0.1, -0.05) is 48.0 Å². The average molecular weight is 379 g/mol. The number of likely N-dealkylation sites (tertiary alicyclic amines) is 1. The zero-order chi connectivity index (χ0) is 17.7. The van der Waals surface area contributed by atoms with E-state index >= 15 is 0 Å². The van der Waals surface area contributed by atoms with E-state index in [0.717, 1.165) is 25.2 Å². The van der Waals surface area contributed by atoms with Crippen molar-refractivity contribution in [1.29, 1.82) is 0 Å². The summed E-state index contributed by atoms with van der Waals surface area (Å²) in [5, 5.41) is 0.544. The number of halogens is 1. The number of sulfonamides is 1. The predicted molar refractivity (Wildman–Crippen MR) is 102 cm³/mol. The Kier molecular flexibility index (Phi) is 6.12. The van der Waals surface area contributed by atoms with Crippen LogP contribution in [0.4, 0.5) is 0 Å². The molecule has 0 radical (unpaired) electrons. The summed E-state index contributed by atoms with van der Waals surface area (Å²) < 4.78 is 27.3. The molecular formula is C19H23ClN2O2S. The molecule has 0 aliphatic carbocycles. The molecule has 1 N–H and O–H groups in total. The van der Waals surface area contributed by atoms with Gasteiger partial charge in [0.1, 0.15) is 0 Å². The zero-order valence-electron chi connectivity index (χ0n) is 14.1. The molecule has 4 nitrogen and oxygen atoms in total. The number of nitrogens with zero attached hydrogens (tertiary/aromatic N) is 1. The van der Waals surface area contributed by atoms with Crippen LogP contribution in [0.3, 0.4) is 0 Å². The molecule has 2 aromatic carbocycles. The van der Waals surface area contributed by atoms with Gasteiger partial charge in [-0.3, -0.25) is 4.90 Å². The normalized spacial score (nSPS) is 15.6. The van der Waals surface area contributed by atoms with Crippen LogP contribution in [0.2, 0.25) is 5.02 Å². The first kappa shape index (κ1) is 18.4. The van der Waals surface area contributed by atoms with E-state index in [0.29, 0.717) is 17.1 Å². The Morgan fingerprint density at radius 2 is 1.64 bits per heavy atom. The van der Waals surface area contributed by atoms with E-state index in [1.165, 1.54) is 18.4 Å². The highest BCUT2D eigenvalue weighted by Crippen LogP contribution is 2.15. The molecule has 0 bridgehead atoms. The van der Waals surface area contributed by atoms with Crippen molar-refractivity contribution in [2.24, 2.45) is 0 Å². The summed E-state index contributed by atoms with van der Waals surface area (Å²) in [7, 11) is -3.40. The van der Waals surface area contributed by atoms with Crippen molar-refractivity contribution in [2.75, 3.05) is 13.1 Å². The molecule has 134 valence electrons. The minimum absolute atomic E-state index is 0.0684. The molecule has 2 aromatic rings. The van der Waals surface area contributed by atoms with E-state index in [-0.39, 0.29) is 5.75 Å². The van der Waals surface area contributed by atoms with Gasteiger partial charge in [0.2, 0.25) is 10.0 Å². The quantitative estimate of drug-likeness (QED) is 0.801. The Morgan fingerprint density at radius 3 is 2.40 bits per heavy atom. The smallest absolute Gasteiger partial charge is 0.216 e. The first-order valence-corrected chi connectivity index (χ1v) is 10.6. The Morgan fingerprint density at radius 1 is 0.960 bits per heavy atom. The number of nitrogens with one attached hydrogen (secondary N) is 1. The standard InChI is InChI=1S/C19H23ClN2O2S/c20-19-8-4-7-18(12-19)15-25(23,24)21-13-16-5-3-6-17(11-16)14-22-9-1-2-10-22/h3-8,11-12,21H,1-2,9-10,13-15H2. The molecule has 0 amide bonds. The number of hydrogen-bond donors (Lipinski definition) is 1. The van der Waals surface area contributed by atoms with E-state index in [1.54, 1.807) is 24.3 Å². The Hall–Kier alpha value is -1.40. The molecule has 0 atom stereocenters. The van der Waals surface area contributed by atoms with Crippen LogP contribution in [0.25, 0.3) is 0 Å². The minimum atomic E-state index is -3.40. The molecule has 1 heterocycles. The van der Waals surface area contributed by atoms with Crippen molar-refractivity contribution < 1.29 is 8.42 Å². The van der Waals surface area contributed by atoms with Crippen molar-refractivity contribution in [3.05, 3.63) is 70.2 Å². The van der Waals surface area contributed by atoms with Gasteiger partial charge in [0.05, 0.1) is 5.75 Å². The van der Waals surface area contributed by atoms with Crippen LogP contribution in [-0.2, 0) is 28.9 Å². The molecule has 25 heavy (non-hydrogen) atoms. The third-order valence-electron chi connectivity index (χ3n) is 4.34. The maximum absolute atomic E-state index is 12.3. The summed E-state index contributed by atoms with van der Waals surface area (Å²) >= 11 is 5.91. The molecule has 1 saturated heterocycles. The SMILES string of the molecule is O=S(=O)(Cc1cccc(Cl)c1)NCc1cccc(CN2CCCC2)c1. The van der Waals surface area contributed by atoms with Crippen molar-refractivity contribution in [2.45, 2.75) is 31.7 Å². The lowest BCUT2D eigenvalue weighted by Gasteiger charge is -2.15. The van der Waals surface area contributed by atoms with Gasteiger partial charge in [-0.2, -0.15) is 0 Å². The number of rotatable bonds is 7. The Balaban J connectivity index is 1.58. The number of benzene rings is 2. The maximum atomic E-state index is 12.3. The van der Waals surface area contributed by atoms with Crippen molar-refractivity contribution in [3.63, 3.8) is 0 Å². The van der Waals surface area contributed by atoms with Gasteiger partial charge in [0.25, 0.3) is 0 Å². The lowest BCUT2D eigenvalue weighted by atomic mass is 10.1. The Labute approximate surface area is 154 Å². The van der Waals surface area contributed by atoms with Crippen LogP contribution in [0.1, 0.15) is 29.5 Å². The van der Waals surface area contributed by atoms with Crippen LogP contribution in [0.5, 0.6) is 0 Å². The maximum Gasteiger partial charge on any atom is 0.216 e. The zero-order valence-corrected chi connectivity index (χ0v) is 15.7. The second-order valence-corrected chi connectivity index (χ2v) is 8.76. The highest BCUT2D eigenvalue weighted by atomic mass is 35.5. The molecular weight excluding hydrogens is 356 g/mol. The molecule has 0 unspecified atom stereocenters. The molecule has 3 rings (SSSR count). The van der Waals surface area contributed by atoms with E-state index in [4.69, 9.17) is 11.6 Å². The fraction of sp³-hybridized carbons (Fsp3) is 0.368. The lowest BCUT2D eigenvalue weighted by molar-refractivity contribution is 0.331. The summed E-state index contributed by atoms with van der Waals surface area (Å²) in [5.41, 5.74) is 2.89. The fourth-order valence-corrected chi connectivity index (χ4v) is 4.45. The summed E-state index contributed by atoms with van der Waals surface area (Å²) in [4.78, 5) is 2.43. The summed E-state index contributed by atoms with van der Waals surface area (Å²) in [6.45, 7) is 3.53. The van der Waals surface area contributed by atoms with Gasteiger partial charge in [-0.05, 0) is 54.8 Å². The van der Waals surface area contributed by atoms with Gasteiger partial charge < -0.3 is 0 Å². The van der Waals surface area contributed by atoms with Gasteiger partial charge in [-0.25, -0.2) is 13.1 Å². The minimum Gasteiger partial charge on any atom is -0.299 e. The third kappa shape index (κ3) is 5.82. The van der Waals surface area contributed by atoms with E-state index < -0.39 is 10.0 Å². The van der Waals surface area contributed by atoms with E-state index in [9.17, 15) is 8.42 Å². The summed E-state index contributed by atoms with van der Waals surface area (Å²) in [6.07, 6.45) is 2.53. The molecule has 1 aliphatic heterocycles. The highest BCUT2D eigenvalue weighted by Gasteiger charge is 2.13. The summed E-state index contributed by atoms with van der Waals surface area (Å²) in [5.74, 6) is -0.0684. The number of hydrogen-bond acceptors (Lipinski definition) is 3. The second-order valence-electron chi connectivity index (χ2n) is 6.51. The molecule has 0 spiro atoms. The van der Waals surface area contributed by atoms with Gasteiger partial charge in [-0.15, -0.1) is 0 Å². The van der Waals surface area contributed by atoms with Crippen LogP contribution in [0, 0.1) is 0 Å². The van der Waals surface area contributed by atoms with E-state index in [1.807, 2.05) is 12.1 Å². The third-order valence-corrected chi connectivity index (χ3v) is 5.87. The van der Waals surface area contributed by atoms with Crippen LogP contribution >= 0.6 is 11.6 Å². The van der Waals surface area contributed by atoms with Gasteiger partial charge in [0, 0.05) is 18.1 Å². The molecule has 1 fully saturated rings. The second kappa shape index (κ2) is 8.32.